The number of rotatable bonds is 8. The van der Waals surface area contributed by atoms with E-state index in [1.807, 2.05) is 13.8 Å². The molecule has 0 fully saturated rings. The van der Waals surface area contributed by atoms with Crippen LogP contribution in [-0.4, -0.2) is 45.3 Å². The number of anilines is 1. The summed E-state index contributed by atoms with van der Waals surface area (Å²) in [6.45, 7) is 7.13. The van der Waals surface area contributed by atoms with Crippen LogP contribution >= 0.6 is 11.3 Å². The summed E-state index contributed by atoms with van der Waals surface area (Å²) in [5, 5.41) is 6.26. The first-order chi connectivity index (χ1) is 10.0. The van der Waals surface area contributed by atoms with E-state index >= 15 is 0 Å². The lowest BCUT2D eigenvalue weighted by Gasteiger charge is -2.08. The zero-order chi connectivity index (χ0) is 15.8. The second kappa shape index (κ2) is 8.76. The van der Waals surface area contributed by atoms with Gasteiger partial charge in [-0.2, -0.15) is 0 Å². The van der Waals surface area contributed by atoms with E-state index in [9.17, 15) is 9.59 Å². The first-order valence-electron chi connectivity index (χ1n) is 6.77. The van der Waals surface area contributed by atoms with E-state index in [1.54, 1.807) is 14.0 Å². The molecule has 0 spiro atoms. The third-order valence-electron chi connectivity index (χ3n) is 2.89. The van der Waals surface area contributed by atoms with E-state index in [2.05, 4.69) is 10.6 Å². The average molecular weight is 314 g/mol. The second-order valence-electron chi connectivity index (χ2n) is 4.43. The quantitative estimate of drug-likeness (QED) is 0.564. The van der Waals surface area contributed by atoms with Crippen molar-refractivity contribution in [2.24, 2.45) is 0 Å². The second-order valence-corrected chi connectivity index (χ2v) is 5.65. The molecule has 1 aromatic rings. The molecule has 1 rings (SSSR count). The van der Waals surface area contributed by atoms with Gasteiger partial charge in [0.15, 0.2) is 0 Å². The minimum Gasteiger partial charge on any atom is -0.462 e. The van der Waals surface area contributed by atoms with Crippen LogP contribution in [0.3, 0.4) is 0 Å². The summed E-state index contributed by atoms with van der Waals surface area (Å²) < 4.78 is 9.93. The number of carbonyl (C=O) groups is 2. The Morgan fingerprint density at radius 2 is 2.00 bits per heavy atom. The van der Waals surface area contributed by atoms with E-state index in [-0.39, 0.29) is 12.5 Å². The van der Waals surface area contributed by atoms with Crippen LogP contribution in [-0.2, 0) is 14.3 Å². The number of thiophene rings is 1. The third-order valence-corrected chi connectivity index (χ3v) is 4.01. The van der Waals surface area contributed by atoms with Crippen molar-refractivity contribution in [1.29, 1.82) is 0 Å². The van der Waals surface area contributed by atoms with E-state index in [0.29, 0.717) is 30.3 Å². The van der Waals surface area contributed by atoms with Crippen LogP contribution < -0.4 is 10.6 Å². The number of aryl methyl sites for hydroxylation is 1. The molecule has 0 aliphatic heterocycles. The Bertz CT molecular complexity index is 499. The molecule has 6 nitrogen and oxygen atoms in total. The van der Waals surface area contributed by atoms with Gasteiger partial charge in [-0.25, -0.2) is 4.79 Å². The molecule has 1 heterocycles. The van der Waals surface area contributed by atoms with Crippen molar-refractivity contribution < 1.29 is 19.1 Å². The molecule has 1 amide bonds. The fraction of sp³-hybridized carbons (Fsp3) is 0.571. The number of hydrogen-bond donors (Lipinski definition) is 2. The van der Waals surface area contributed by atoms with Gasteiger partial charge in [-0.1, -0.05) is 0 Å². The third kappa shape index (κ3) is 5.11. The van der Waals surface area contributed by atoms with Crippen LogP contribution in [0.4, 0.5) is 5.00 Å². The molecule has 0 radical (unpaired) electrons. The lowest BCUT2D eigenvalue weighted by molar-refractivity contribution is -0.115. The number of ether oxygens (including phenoxy) is 2. The SMILES string of the molecule is CCOC(=O)c1c(NC(=O)CNCCOC)sc(C)c1C. The number of methoxy groups -OCH3 is 1. The fourth-order valence-corrected chi connectivity index (χ4v) is 2.78. The summed E-state index contributed by atoms with van der Waals surface area (Å²) in [6.07, 6.45) is 0. The Morgan fingerprint density at radius 3 is 2.62 bits per heavy atom. The van der Waals surface area contributed by atoms with Gasteiger partial charge in [-0.05, 0) is 26.3 Å². The summed E-state index contributed by atoms with van der Waals surface area (Å²) >= 11 is 1.38. The van der Waals surface area contributed by atoms with Gasteiger partial charge < -0.3 is 20.1 Å². The predicted molar refractivity (Wildman–Crippen MR) is 83.1 cm³/mol. The first kappa shape index (κ1) is 17.6. The van der Waals surface area contributed by atoms with Crippen molar-refractivity contribution >= 4 is 28.2 Å². The minimum atomic E-state index is -0.401. The summed E-state index contributed by atoms with van der Waals surface area (Å²) in [7, 11) is 1.60. The maximum atomic E-state index is 12.0. The van der Waals surface area contributed by atoms with Gasteiger partial charge in [0, 0.05) is 18.5 Å². The zero-order valence-electron chi connectivity index (χ0n) is 12.9. The maximum Gasteiger partial charge on any atom is 0.341 e. The Balaban J connectivity index is 2.72. The van der Waals surface area contributed by atoms with E-state index in [1.165, 1.54) is 11.3 Å². The molecular weight excluding hydrogens is 292 g/mol. The molecule has 1 aromatic heterocycles. The smallest absolute Gasteiger partial charge is 0.341 e. The molecule has 7 heteroatoms. The lowest BCUT2D eigenvalue weighted by Crippen LogP contribution is -2.30. The summed E-state index contributed by atoms with van der Waals surface area (Å²) in [5.41, 5.74) is 1.30. The predicted octanol–water partition coefficient (Wildman–Crippen LogP) is 1.72. The van der Waals surface area contributed by atoms with Crippen LogP contribution in [0.5, 0.6) is 0 Å². The molecule has 0 saturated carbocycles. The number of hydrogen-bond acceptors (Lipinski definition) is 6. The molecule has 0 bridgehead atoms. The molecule has 0 aliphatic rings. The molecule has 21 heavy (non-hydrogen) atoms. The number of nitrogens with one attached hydrogen (secondary N) is 2. The van der Waals surface area contributed by atoms with Gasteiger partial charge in [-0.3, -0.25) is 4.79 Å². The highest BCUT2D eigenvalue weighted by Gasteiger charge is 2.21. The van der Waals surface area contributed by atoms with Crippen molar-refractivity contribution in [2.75, 3.05) is 38.7 Å². The summed E-state index contributed by atoms with van der Waals surface area (Å²) in [4.78, 5) is 24.8. The summed E-state index contributed by atoms with van der Waals surface area (Å²) in [6, 6.07) is 0. The van der Waals surface area contributed by atoms with Crippen molar-refractivity contribution in [3.63, 3.8) is 0 Å². The molecule has 0 atom stereocenters. The van der Waals surface area contributed by atoms with Crippen LogP contribution in [0.2, 0.25) is 0 Å². The van der Waals surface area contributed by atoms with Gasteiger partial charge in [0.05, 0.1) is 25.3 Å². The number of carbonyl (C=O) groups excluding carboxylic acids is 2. The normalized spacial score (nSPS) is 10.5. The monoisotopic (exact) mass is 314 g/mol. The van der Waals surface area contributed by atoms with Gasteiger partial charge in [0.2, 0.25) is 5.91 Å². The van der Waals surface area contributed by atoms with Crippen LogP contribution in [0.25, 0.3) is 0 Å². The zero-order valence-corrected chi connectivity index (χ0v) is 13.7. The van der Waals surface area contributed by atoms with Crippen molar-refractivity contribution in [3.8, 4) is 0 Å². The highest BCUT2D eigenvalue weighted by molar-refractivity contribution is 7.16. The minimum absolute atomic E-state index is 0.168. The van der Waals surface area contributed by atoms with Crippen molar-refractivity contribution in [2.45, 2.75) is 20.8 Å². The van der Waals surface area contributed by atoms with Crippen LogP contribution in [0.15, 0.2) is 0 Å². The van der Waals surface area contributed by atoms with E-state index in [0.717, 1.165) is 10.4 Å². The fourth-order valence-electron chi connectivity index (χ4n) is 1.71. The number of esters is 1. The lowest BCUT2D eigenvalue weighted by atomic mass is 10.1. The molecule has 2 N–H and O–H groups in total. The van der Waals surface area contributed by atoms with Crippen LogP contribution in [0.1, 0.15) is 27.7 Å². The average Bonchev–Trinajstić information content (AvgIpc) is 2.70. The van der Waals surface area contributed by atoms with E-state index < -0.39 is 5.97 Å². The van der Waals surface area contributed by atoms with Gasteiger partial charge in [0.1, 0.15) is 5.00 Å². The topological polar surface area (TPSA) is 76.7 Å². The Labute approximate surface area is 128 Å². The summed E-state index contributed by atoms with van der Waals surface area (Å²) in [5.74, 6) is -0.597. The van der Waals surface area contributed by atoms with Crippen LogP contribution in [0, 0.1) is 13.8 Å². The molecular formula is C14H22N2O4S. The number of amides is 1. The Kier molecular flexibility index (Phi) is 7.35. The van der Waals surface area contributed by atoms with E-state index in [4.69, 9.17) is 9.47 Å². The highest BCUT2D eigenvalue weighted by Crippen LogP contribution is 2.32. The largest absolute Gasteiger partial charge is 0.462 e. The Hall–Kier alpha value is -1.44. The van der Waals surface area contributed by atoms with Gasteiger partial charge in [-0.15, -0.1) is 11.3 Å². The molecule has 0 saturated heterocycles. The maximum absolute atomic E-state index is 12.0. The molecule has 0 aromatic carbocycles. The standard InChI is InChI=1S/C14H22N2O4S/c1-5-20-14(18)12-9(2)10(3)21-13(12)16-11(17)8-15-6-7-19-4/h15H,5-8H2,1-4H3,(H,16,17). The first-order valence-corrected chi connectivity index (χ1v) is 7.59. The molecule has 118 valence electrons. The molecule has 0 unspecified atom stereocenters. The van der Waals surface area contributed by atoms with Crippen molar-refractivity contribution in [1.82, 2.24) is 5.32 Å². The molecule has 0 aliphatic carbocycles. The highest BCUT2D eigenvalue weighted by atomic mass is 32.1. The van der Waals surface area contributed by atoms with Gasteiger partial charge >= 0.3 is 5.97 Å². The Morgan fingerprint density at radius 1 is 1.29 bits per heavy atom. The van der Waals surface area contributed by atoms with Gasteiger partial charge in [0.25, 0.3) is 0 Å². The van der Waals surface area contributed by atoms with Crippen molar-refractivity contribution in [3.05, 3.63) is 16.0 Å².